The molecule has 2 aromatic rings. The smallest absolute Gasteiger partial charge is 0.350 e. The van der Waals surface area contributed by atoms with Gasteiger partial charge in [0, 0.05) is 24.8 Å². The third kappa shape index (κ3) is 4.82. The first-order chi connectivity index (χ1) is 11.7. The molecule has 3 N–H and O–H groups in total. The first-order valence-corrected chi connectivity index (χ1v) is 7.45. The summed E-state index contributed by atoms with van der Waals surface area (Å²) in [6.45, 7) is 2.76. The molecule has 1 aromatic heterocycles. The van der Waals surface area contributed by atoms with Crippen molar-refractivity contribution < 1.29 is 22.8 Å². The molecule has 0 spiro atoms. The van der Waals surface area contributed by atoms with Crippen LogP contribution in [0.15, 0.2) is 24.3 Å². The molecule has 0 fully saturated rings. The van der Waals surface area contributed by atoms with Gasteiger partial charge in [0.25, 0.3) is 5.91 Å². The standard InChI is InChI=1S/C16H17F3N4O2/c1-9-13(16(17,18)19)14(23-22-9)15(25)20-8-7-11-3-5-12(6-4-11)21-10(2)24/h3-6H,7-8H2,1-2H3,(H,20,25)(H,21,24)(H,22,23). The van der Waals surface area contributed by atoms with E-state index in [1.165, 1.54) is 13.8 Å². The second kappa shape index (κ2) is 7.37. The van der Waals surface area contributed by atoms with Gasteiger partial charge in [0.2, 0.25) is 5.91 Å². The van der Waals surface area contributed by atoms with Crippen LogP contribution in [0.5, 0.6) is 0 Å². The van der Waals surface area contributed by atoms with Gasteiger partial charge in [-0.1, -0.05) is 12.1 Å². The molecule has 0 radical (unpaired) electrons. The van der Waals surface area contributed by atoms with Crippen molar-refractivity contribution in [1.29, 1.82) is 0 Å². The third-order valence-electron chi connectivity index (χ3n) is 3.42. The number of benzene rings is 1. The number of aryl methyl sites for hydroxylation is 1. The number of anilines is 1. The molecule has 0 atom stereocenters. The van der Waals surface area contributed by atoms with Gasteiger partial charge in [-0.05, 0) is 31.0 Å². The topological polar surface area (TPSA) is 86.9 Å². The normalized spacial score (nSPS) is 11.2. The highest BCUT2D eigenvalue weighted by molar-refractivity contribution is 5.94. The average molecular weight is 354 g/mol. The molecule has 0 saturated heterocycles. The lowest BCUT2D eigenvalue weighted by Gasteiger charge is -2.09. The van der Waals surface area contributed by atoms with Gasteiger partial charge in [-0.15, -0.1) is 0 Å². The second-order valence-corrected chi connectivity index (χ2v) is 5.45. The summed E-state index contributed by atoms with van der Waals surface area (Å²) < 4.78 is 38.8. The number of nitrogens with zero attached hydrogens (tertiary/aromatic N) is 1. The van der Waals surface area contributed by atoms with E-state index >= 15 is 0 Å². The predicted molar refractivity (Wildman–Crippen MR) is 85.1 cm³/mol. The molecule has 0 bridgehead atoms. The van der Waals surface area contributed by atoms with Crippen molar-refractivity contribution in [2.45, 2.75) is 26.4 Å². The molecule has 0 aliphatic carbocycles. The van der Waals surface area contributed by atoms with E-state index in [9.17, 15) is 22.8 Å². The first-order valence-electron chi connectivity index (χ1n) is 7.45. The molecule has 9 heteroatoms. The van der Waals surface area contributed by atoms with Crippen LogP contribution in [0.4, 0.5) is 18.9 Å². The lowest BCUT2D eigenvalue weighted by Crippen LogP contribution is -2.28. The Bertz CT molecular complexity index is 767. The van der Waals surface area contributed by atoms with Crippen LogP contribution in [0.3, 0.4) is 0 Å². The van der Waals surface area contributed by atoms with E-state index in [2.05, 4.69) is 20.8 Å². The summed E-state index contributed by atoms with van der Waals surface area (Å²) in [4.78, 5) is 22.9. The molecule has 6 nitrogen and oxygen atoms in total. The Kier molecular flexibility index (Phi) is 5.45. The summed E-state index contributed by atoms with van der Waals surface area (Å²) in [6.07, 6.45) is -4.22. The summed E-state index contributed by atoms with van der Waals surface area (Å²) in [5, 5.41) is 10.7. The van der Waals surface area contributed by atoms with Crippen molar-refractivity contribution in [1.82, 2.24) is 15.5 Å². The highest BCUT2D eigenvalue weighted by Gasteiger charge is 2.39. The zero-order chi connectivity index (χ0) is 18.6. The van der Waals surface area contributed by atoms with Crippen molar-refractivity contribution in [3.63, 3.8) is 0 Å². The number of carbonyl (C=O) groups excluding carboxylic acids is 2. The van der Waals surface area contributed by atoms with E-state index < -0.39 is 23.3 Å². The van der Waals surface area contributed by atoms with Gasteiger partial charge >= 0.3 is 6.18 Å². The first kappa shape index (κ1) is 18.5. The van der Waals surface area contributed by atoms with Gasteiger partial charge in [0.05, 0.1) is 0 Å². The fraction of sp³-hybridized carbons (Fsp3) is 0.312. The molecule has 0 aliphatic heterocycles. The Morgan fingerprint density at radius 2 is 1.84 bits per heavy atom. The molecule has 134 valence electrons. The molecular formula is C16H17F3N4O2. The molecule has 2 rings (SSSR count). The van der Waals surface area contributed by atoms with Crippen LogP contribution in [0, 0.1) is 6.92 Å². The zero-order valence-electron chi connectivity index (χ0n) is 13.6. The maximum absolute atomic E-state index is 12.9. The van der Waals surface area contributed by atoms with E-state index in [0.717, 1.165) is 5.56 Å². The molecular weight excluding hydrogens is 337 g/mol. The van der Waals surface area contributed by atoms with Crippen molar-refractivity contribution in [3.05, 3.63) is 46.8 Å². The summed E-state index contributed by atoms with van der Waals surface area (Å²) in [5.74, 6) is -1.07. The minimum atomic E-state index is -4.65. The lowest BCUT2D eigenvalue weighted by atomic mass is 10.1. The highest BCUT2D eigenvalue weighted by atomic mass is 19.4. The van der Waals surface area contributed by atoms with Gasteiger partial charge < -0.3 is 10.6 Å². The number of aromatic amines is 1. The van der Waals surface area contributed by atoms with Crippen LogP contribution in [0.2, 0.25) is 0 Å². The van der Waals surface area contributed by atoms with Gasteiger partial charge in [-0.25, -0.2) is 0 Å². The van der Waals surface area contributed by atoms with E-state index in [-0.39, 0.29) is 18.1 Å². The Balaban J connectivity index is 1.94. The SMILES string of the molecule is CC(=O)Nc1ccc(CCNC(=O)c2n[nH]c(C)c2C(F)(F)F)cc1. The third-order valence-corrected chi connectivity index (χ3v) is 3.42. The zero-order valence-corrected chi connectivity index (χ0v) is 13.6. The maximum atomic E-state index is 12.9. The van der Waals surface area contributed by atoms with Crippen molar-refractivity contribution >= 4 is 17.5 Å². The van der Waals surface area contributed by atoms with Crippen molar-refractivity contribution in [2.75, 3.05) is 11.9 Å². The van der Waals surface area contributed by atoms with Crippen LogP contribution in [-0.4, -0.2) is 28.6 Å². The molecule has 25 heavy (non-hydrogen) atoms. The molecule has 1 heterocycles. The minimum Gasteiger partial charge on any atom is -0.350 e. The number of carbonyl (C=O) groups is 2. The van der Waals surface area contributed by atoms with Gasteiger partial charge in [0.15, 0.2) is 5.69 Å². The second-order valence-electron chi connectivity index (χ2n) is 5.45. The summed E-state index contributed by atoms with van der Waals surface area (Å²) >= 11 is 0. The van der Waals surface area contributed by atoms with Crippen molar-refractivity contribution in [3.8, 4) is 0 Å². The number of hydrogen-bond donors (Lipinski definition) is 3. The number of alkyl halides is 3. The predicted octanol–water partition coefficient (Wildman–Crippen LogP) is 2.67. The average Bonchev–Trinajstić information content (AvgIpc) is 2.90. The van der Waals surface area contributed by atoms with E-state index in [0.29, 0.717) is 12.1 Å². The molecule has 0 unspecified atom stereocenters. The Morgan fingerprint density at radius 1 is 1.20 bits per heavy atom. The van der Waals surface area contributed by atoms with Crippen molar-refractivity contribution in [2.24, 2.45) is 0 Å². The fourth-order valence-electron chi connectivity index (χ4n) is 2.30. The highest BCUT2D eigenvalue weighted by Crippen LogP contribution is 2.33. The number of aromatic nitrogens is 2. The quantitative estimate of drug-likeness (QED) is 0.771. The van der Waals surface area contributed by atoms with Crippen LogP contribution in [-0.2, 0) is 17.4 Å². The minimum absolute atomic E-state index is 0.154. The number of rotatable bonds is 5. The van der Waals surface area contributed by atoms with Crippen LogP contribution < -0.4 is 10.6 Å². The number of halogens is 3. The number of H-pyrrole nitrogens is 1. The Labute approximate surface area is 141 Å². The fourth-order valence-corrected chi connectivity index (χ4v) is 2.30. The van der Waals surface area contributed by atoms with Gasteiger partial charge in [-0.3, -0.25) is 14.7 Å². The monoisotopic (exact) mass is 354 g/mol. The van der Waals surface area contributed by atoms with Crippen LogP contribution in [0.25, 0.3) is 0 Å². The number of amides is 2. The number of hydrogen-bond acceptors (Lipinski definition) is 3. The summed E-state index contributed by atoms with van der Waals surface area (Å²) in [5.41, 5.74) is -0.410. The maximum Gasteiger partial charge on any atom is 0.420 e. The van der Waals surface area contributed by atoms with E-state index in [1.807, 2.05) is 0 Å². The van der Waals surface area contributed by atoms with Gasteiger partial charge in [0.1, 0.15) is 5.56 Å². The Hall–Kier alpha value is -2.84. The van der Waals surface area contributed by atoms with E-state index in [1.54, 1.807) is 24.3 Å². The largest absolute Gasteiger partial charge is 0.420 e. The van der Waals surface area contributed by atoms with Crippen LogP contribution in [0.1, 0.15) is 34.2 Å². The van der Waals surface area contributed by atoms with E-state index in [4.69, 9.17) is 0 Å². The molecule has 2 amide bonds. The molecule has 0 aliphatic rings. The lowest BCUT2D eigenvalue weighted by molar-refractivity contribution is -0.138. The van der Waals surface area contributed by atoms with Gasteiger partial charge in [-0.2, -0.15) is 18.3 Å². The van der Waals surface area contributed by atoms with Crippen LogP contribution >= 0.6 is 0 Å². The summed E-state index contributed by atoms with van der Waals surface area (Å²) in [6, 6.07) is 6.93. The number of nitrogens with one attached hydrogen (secondary N) is 3. The Morgan fingerprint density at radius 3 is 2.40 bits per heavy atom. The molecule has 1 aromatic carbocycles. The molecule has 0 saturated carbocycles. The summed E-state index contributed by atoms with van der Waals surface area (Å²) in [7, 11) is 0.